The minimum atomic E-state index is 0.447. The van der Waals surface area contributed by atoms with Crippen LogP contribution in [0.1, 0.15) is 44.6 Å². The highest BCUT2D eigenvalue weighted by Crippen LogP contribution is 2.24. The van der Waals surface area contributed by atoms with E-state index in [0.29, 0.717) is 4.99 Å². The van der Waals surface area contributed by atoms with Crippen LogP contribution >= 0.6 is 12.2 Å². The van der Waals surface area contributed by atoms with E-state index in [1.807, 2.05) is 12.1 Å². The Morgan fingerprint density at radius 2 is 2.32 bits per heavy atom. The smallest absolute Gasteiger partial charge is 0.129 e. The van der Waals surface area contributed by atoms with Crippen molar-refractivity contribution < 1.29 is 0 Å². The number of nitrogens with two attached hydrogens (primary N) is 1. The zero-order valence-electron chi connectivity index (χ0n) is 11.6. The SMILES string of the molecule is CCCC1CCCN(c2cc(C(N)=S)ccn2)CC1. The van der Waals surface area contributed by atoms with Crippen molar-refractivity contribution in [3.05, 3.63) is 23.9 Å². The normalized spacial score (nSPS) is 20.1. The summed E-state index contributed by atoms with van der Waals surface area (Å²) in [7, 11) is 0. The minimum absolute atomic E-state index is 0.447. The minimum Gasteiger partial charge on any atom is -0.389 e. The molecule has 4 heteroatoms. The Morgan fingerprint density at radius 1 is 1.47 bits per heavy atom. The molecule has 2 heterocycles. The van der Waals surface area contributed by atoms with Crippen molar-refractivity contribution in [1.29, 1.82) is 0 Å². The van der Waals surface area contributed by atoms with Gasteiger partial charge in [0.05, 0.1) is 0 Å². The lowest BCUT2D eigenvalue weighted by molar-refractivity contribution is 0.435. The lowest BCUT2D eigenvalue weighted by Gasteiger charge is -2.22. The van der Waals surface area contributed by atoms with Crippen molar-refractivity contribution in [2.24, 2.45) is 11.7 Å². The van der Waals surface area contributed by atoms with Crippen LogP contribution in [-0.2, 0) is 0 Å². The van der Waals surface area contributed by atoms with Crippen LogP contribution in [0.3, 0.4) is 0 Å². The first-order chi connectivity index (χ1) is 9.20. The van der Waals surface area contributed by atoms with Gasteiger partial charge in [-0.2, -0.15) is 0 Å². The fourth-order valence-electron chi connectivity index (χ4n) is 2.84. The topological polar surface area (TPSA) is 42.1 Å². The summed E-state index contributed by atoms with van der Waals surface area (Å²) >= 11 is 5.03. The summed E-state index contributed by atoms with van der Waals surface area (Å²) in [5, 5.41) is 0. The van der Waals surface area contributed by atoms with E-state index in [1.54, 1.807) is 6.20 Å². The van der Waals surface area contributed by atoms with Gasteiger partial charge in [0.25, 0.3) is 0 Å². The molecule has 1 aromatic heterocycles. The molecular formula is C15H23N3S. The third-order valence-corrected chi connectivity index (χ3v) is 4.13. The number of rotatable bonds is 4. The van der Waals surface area contributed by atoms with Crippen molar-refractivity contribution in [1.82, 2.24) is 4.98 Å². The molecule has 1 aromatic rings. The van der Waals surface area contributed by atoms with Crippen LogP contribution in [0, 0.1) is 5.92 Å². The first kappa shape index (κ1) is 14.3. The van der Waals surface area contributed by atoms with Gasteiger partial charge in [0, 0.05) is 24.8 Å². The lowest BCUT2D eigenvalue weighted by Crippen LogP contribution is -2.25. The van der Waals surface area contributed by atoms with Gasteiger partial charge < -0.3 is 10.6 Å². The van der Waals surface area contributed by atoms with Crippen LogP contribution in [-0.4, -0.2) is 23.1 Å². The molecule has 0 amide bonds. The van der Waals surface area contributed by atoms with Crippen LogP contribution in [0.5, 0.6) is 0 Å². The van der Waals surface area contributed by atoms with Gasteiger partial charge in [0.1, 0.15) is 10.8 Å². The predicted molar refractivity (Wildman–Crippen MR) is 84.6 cm³/mol. The van der Waals surface area contributed by atoms with Crippen molar-refractivity contribution in [2.45, 2.75) is 39.0 Å². The molecule has 2 N–H and O–H groups in total. The van der Waals surface area contributed by atoms with Crippen molar-refractivity contribution in [2.75, 3.05) is 18.0 Å². The van der Waals surface area contributed by atoms with Gasteiger partial charge in [-0.05, 0) is 37.3 Å². The Bertz CT molecular complexity index is 433. The average Bonchev–Trinajstić information content (AvgIpc) is 2.65. The van der Waals surface area contributed by atoms with Crippen LogP contribution in [0.2, 0.25) is 0 Å². The Labute approximate surface area is 121 Å². The number of pyridine rings is 1. The van der Waals surface area contributed by atoms with Gasteiger partial charge >= 0.3 is 0 Å². The summed E-state index contributed by atoms with van der Waals surface area (Å²) in [6.07, 6.45) is 8.32. The molecule has 0 aliphatic carbocycles. The average molecular weight is 277 g/mol. The maximum Gasteiger partial charge on any atom is 0.129 e. The van der Waals surface area contributed by atoms with E-state index in [9.17, 15) is 0 Å². The number of aromatic nitrogens is 1. The molecule has 0 spiro atoms. The van der Waals surface area contributed by atoms with Crippen molar-refractivity contribution in [3.8, 4) is 0 Å². The van der Waals surface area contributed by atoms with Crippen LogP contribution in [0.15, 0.2) is 18.3 Å². The Balaban J connectivity index is 2.05. The molecule has 0 aromatic carbocycles. The molecule has 1 atom stereocenters. The summed E-state index contributed by atoms with van der Waals surface area (Å²) in [5.41, 5.74) is 6.60. The maximum absolute atomic E-state index is 5.69. The van der Waals surface area contributed by atoms with Crippen LogP contribution in [0.4, 0.5) is 5.82 Å². The molecule has 1 fully saturated rings. The quantitative estimate of drug-likeness (QED) is 0.859. The van der Waals surface area contributed by atoms with E-state index < -0.39 is 0 Å². The Morgan fingerprint density at radius 3 is 3.05 bits per heavy atom. The van der Waals surface area contributed by atoms with Crippen LogP contribution < -0.4 is 10.6 Å². The predicted octanol–water partition coefficient (Wildman–Crippen LogP) is 3.12. The molecule has 0 saturated carbocycles. The molecule has 1 saturated heterocycles. The summed E-state index contributed by atoms with van der Waals surface area (Å²) in [5.74, 6) is 1.90. The van der Waals surface area contributed by atoms with Gasteiger partial charge in [-0.1, -0.05) is 32.0 Å². The number of nitrogens with zero attached hydrogens (tertiary/aromatic N) is 2. The molecule has 1 aliphatic rings. The molecule has 2 rings (SSSR count). The van der Waals surface area contributed by atoms with Gasteiger partial charge in [0.2, 0.25) is 0 Å². The van der Waals surface area contributed by atoms with E-state index in [-0.39, 0.29) is 0 Å². The second-order valence-corrected chi connectivity index (χ2v) is 5.78. The summed E-state index contributed by atoms with van der Waals surface area (Å²) in [4.78, 5) is 7.29. The molecule has 19 heavy (non-hydrogen) atoms. The molecule has 0 bridgehead atoms. The Kier molecular flexibility index (Phi) is 5.14. The van der Waals surface area contributed by atoms with Gasteiger partial charge in [-0.3, -0.25) is 0 Å². The second kappa shape index (κ2) is 6.85. The standard InChI is InChI=1S/C15H23N3S/c1-2-4-12-5-3-9-18(10-7-12)14-11-13(15(16)19)6-8-17-14/h6,8,11-12H,2-5,7,9-10H2,1H3,(H2,16,19). The summed E-state index contributed by atoms with van der Waals surface area (Å²) in [6, 6.07) is 3.89. The zero-order valence-corrected chi connectivity index (χ0v) is 12.5. The highest BCUT2D eigenvalue weighted by molar-refractivity contribution is 7.80. The van der Waals surface area contributed by atoms with Gasteiger partial charge in [-0.15, -0.1) is 0 Å². The largest absolute Gasteiger partial charge is 0.389 e. The van der Waals surface area contributed by atoms with E-state index in [1.165, 1.54) is 32.1 Å². The fraction of sp³-hybridized carbons (Fsp3) is 0.600. The molecule has 1 unspecified atom stereocenters. The summed E-state index contributed by atoms with van der Waals surface area (Å²) < 4.78 is 0. The Hall–Kier alpha value is -1.16. The number of hydrogen-bond donors (Lipinski definition) is 1. The molecule has 3 nitrogen and oxygen atoms in total. The van der Waals surface area contributed by atoms with Gasteiger partial charge in [-0.25, -0.2) is 4.98 Å². The molecular weight excluding hydrogens is 254 g/mol. The van der Waals surface area contributed by atoms with Crippen LogP contribution in [0.25, 0.3) is 0 Å². The number of anilines is 1. The number of hydrogen-bond acceptors (Lipinski definition) is 3. The first-order valence-corrected chi connectivity index (χ1v) is 7.62. The molecule has 104 valence electrons. The van der Waals surface area contributed by atoms with E-state index in [2.05, 4.69) is 16.8 Å². The van der Waals surface area contributed by atoms with Gasteiger partial charge in [0.15, 0.2) is 0 Å². The third kappa shape index (κ3) is 3.90. The highest BCUT2D eigenvalue weighted by atomic mass is 32.1. The van der Waals surface area contributed by atoms with Crippen molar-refractivity contribution in [3.63, 3.8) is 0 Å². The second-order valence-electron chi connectivity index (χ2n) is 5.34. The summed E-state index contributed by atoms with van der Waals surface area (Å²) in [6.45, 7) is 4.46. The lowest BCUT2D eigenvalue weighted by atomic mass is 9.96. The number of thiocarbonyl (C=S) groups is 1. The van der Waals surface area contributed by atoms with Crippen molar-refractivity contribution >= 4 is 23.0 Å². The highest BCUT2D eigenvalue weighted by Gasteiger charge is 2.17. The molecule has 0 radical (unpaired) electrons. The van der Waals surface area contributed by atoms with E-state index in [0.717, 1.165) is 30.4 Å². The first-order valence-electron chi connectivity index (χ1n) is 7.21. The monoisotopic (exact) mass is 277 g/mol. The maximum atomic E-state index is 5.69. The fourth-order valence-corrected chi connectivity index (χ4v) is 2.96. The van der Waals surface area contributed by atoms with E-state index >= 15 is 0 Å². The molecule has 1 aliphatic heterocycles. The van der Waals surface area contributed by atoms with E-state index in [4.69, 9.17) is 18.0 Å². The zero-order chi connectivity index (χ0) is 13.7. The third-order valence-electron chi connectivity index (χ3n) is 3.90.